The Balaban J connectivity index is 2.28. The number of rotatable bonds is 2. The van der Waals surface area contributed by atoms with Gasteiger partial charge in [-0.1, -0.05) is 0 Å². The van der Waals surface area contributed by atoms with Crippen LogP contribution >= 0.6 is 0 Å². The highest BCUT2D eigenvalue weighted by Gasteiger charge is 2.32. The fraction of sp³-hybridized carbons (Fsp3) is 0.750. The fourth-order valence-corrected chi connectivity index (χ4v) is 3.65. The van der Waals surface area contributed by atoms with Crippen molar-refractivity contribution in [3.8, 4) is 0 Å². The zero-order valence-corrected chi connectivity index (χ0v) is 9.37. The molecule has 1 unspecified atom stereocenters. The Kier molecular flexibility index (Phi) is 2.51. The van der Waals surface area contributed by atoms with Gasteiger partial charge in [-0.05, 0) is 6.42 Å². The molecule has 1 aromatic rings. The molecule has 6 nitrogen and oxygen atoms in total. The molecule has 0 saturated carbocycles. The van der Waals surface area contributed by atoms with Crippen molar-refractivity contribution in [3.63, 3.8) is 0 Å². The molecule has 1 atom stereocenters. The van der Waals surface area contributed by atoms with Gasteiger partial charge in [-0.2, -0.15) is 0 Å². The number of aromatic nitrogens is 3. The highest BCUT2D eigenvalue weighted by molar-refractivity contribution is 7.91. The summed E-state index contributed by atoms with van der Waals surface area (Å²) in [5, 5.41) is 7.92. The lowest BCUT2D eigenvalue weighted by Crippen LogP contribution is -2.11. The number of nitrogens with zero attached hydrogens (tertiary/aromatic N) is 3. The van der Waals surface area contributed by atoms with Crippen LogP contribution in [-0.2, 0) is 23.4 Å². The van der Waals surface area contributed by atoms with Crippen molar-refractivity contribution in [1.82, 2.24) is 14.8 Å². The van der Waals surface area contributed by atoms with Gasteiger partial charge in [0.05, 0.1) is 18.1 Å². The van der Waals surface area contributed by atoms with Gasteiger partial charge in [-0.25, -0.2) is 8.42 Å². The van der Waals surface area contributed by atoms with E-state index in [4.69, 9.17) is 5.73 Å². The lowest BCUT2D eigenvalue weighted by Gasteiger charge is -2.06. The van der Waals surface area contributed by atoms with Crippen LogP contribution in [0.5, 0.6) is 0 Å². The van der Waals surface area contributed by atoms with Crippen LogP contribution in [0.4, 0.5) is 0 Å². The maximum absolute atomic E-state index is 11.3. The standard InChI is InChI=1S/C8H14N4O2S/c1-12-7(4-9)10-11-8(12)6-2-3-15(13,14)5-6/h6H,2-5,9H2,1H3. The summed E-state index contributed by atoms with van der Waals surface area (Å²) in [7, 11) is -1.05. The van der Waals surface area contributed by atoms with Gasteiger partial charge < -0.3 is 10.3 Å². The van der Waals surface area contributed by atoms with E-state index in [1.54, 1.807) is 4.57 Å². The molecule has 2 rings (SSSR count). The highest BCUT2D eigenvalue weighted by atomic mass is 32.2. The molecule has 7 heteroatoms. The SMILES string of the molecule is Cn1c(CN)nnc1C1CCS(=O)(=O)C1. The van der Waals surface area contributed by atoms with Gasteiger partial charge in [-0.3, -0.25) is 0 Å². The average Bonchev–Trinajstić information content (AvgIpc) is 2.69. The van der Waals surface area contributed by atoms with E-state index >= 15 is 0 Å². The van der Waals surface area contributed by atoms with Crippen molar-refractivity contribution < 1.29 is 8.42 Å². The van der Waals surface area contributed by atoms with Gasteiger partial charge >= 0.3 is 0 Å². The monoisotopic (exact) mass is 230 g/mol. The number of nitrogens with two attached hydrogens (primary N) is 1. The molecule has 0 amide bonds. The fourth-order valence-electron chi connectivity index (χ4n) is 1.91. The highest BCUT2D eigenvalue weighted by Crippen LogP contribution is 2.27. The third-order valence-corrected chi connectivity index (χ3v) is 4.55. The molecule has 1 saturated heterocycles. The van der Waals surface area contributed by atoms with Gasteiger partial charge in [0, 0.05) is 13.0 Å². The van der Waals surface area contributed by atoms with Gasteiger partial charge in [0.15, 0.2) is 9.84 Å². The van der Waals surface area contributed by atoms with Crippen molar-refractivity contribution in [1.29, 1.82) is 0 Å². The maximum Gasteiger partial charge on any atom is 0.151 e. The molecular formula is C8H14N4O2S. The quantitative estimate of drug-likeness (QED) is 0.716. The molecule has 1 aliphatic heterocycles. The smallest absolute Gasteiger partial charge is 0.151 e. The molecule has 0 radical (unpaired) electrons. The predicted octanol–water partition coefficient (Wildman–Crippen LogP) is -0.824. The Morgan fingerprint density at radius 3 is 2.73 bits per heavy atom. The Morgan fingerprint density at radius 2 is 2.27 bits per heavy atom. The zero-order valence-electron chi connectivity index (χ0n) is 8.55. The Hall–Kier alpha value is -0.950. The Labute approximate surface area is 88.4 Å². The summed E-state index contributed by atoms with van der Waals surface area (Å²) >= 11 is 0. The van der Waals surface area contributed by atoms with Gasteiger partial charge in [0.2, 0.25) is 0 Å². The lowest BCUT2D eigenvalue weighted by atomic mass is 10.1. The molecular weight excluding hydrogens is 216 g/mol. The van der Waals surface area contributed by atoms with Crippen LogP contribution in [-0.4, -0.2) is 34.7 Å². The molecule has 2 heterocycles. The summed E-state index contributed by atoms with van der Waals surface area (Å²) in [4.78, 5) is 0. The number of sulfone groups is 1. The third kappa shape index (κ3) is 1.89. The molecule has 1 aromatic heterocycles. The van der Waals surface area contributed by atoms with E-state index in [-0.39, 0.29) is 17.4 Å². The van der Waals surface area contributed by atoms with E-state index < -0.39 is 9.84 Å². The molecule has 15 heavy (non-hydrogen) atoms. The minimum atomic E-state index is -2.87. The lowest BCUT2D eigenvalue weighted by molar-refractivity contribution is 0.600. The van der Waals surface area contributed by atoms with Gasteiger partial charge in [-0.15, -0.1) is 10.2 Å². The second-order valence-corrected chi connectivity index (χ2v) is 6.07. The molecule has 0 aliphatic carbocycles. The summed E-state index contributed by atoms with van der Waals surface area (Å²) in [6.45, 7) is 0.322. The van der Waals surface area contributed by atoms with E-state index in [0.717, 1.165) is 5.82 Å². The molecule has 0 bridgehead atoms. The van der Waals surface area contributed by atoms with Crippen LogP contribution in [0.2, 0.25) is 0 Å². The number of hydrogen-bond donors (Lipinski definition) is 1. The Morgan fingerprint density at radius 1 is 1.53 bits per heavy atom. The van der Waals surface area contributed by atoms with Crippen LogP contribution < -0.4 is 5.73 Å². The third-order valence-electron chi connectivity index (χ3n) is 2.78. The van der Waals surface area contributed by atoms with E-state index in [2.05, 4.69) is 10.2 Å². The second kappa shape index (κ2) is 3.57. The van der Waals surface area contributed by atoms with Crippen LogP contribution in [0.1, 0.15) is 24.0 Å². The summed E-state index contributed by atoms with van der Waals surface area (Å²) in [5.74, 6) is 1.84. The van der Waals surface area contributed by atoms with E-state index in [9.17, 15) is 8.42 Å². The van der Waals surface area contributed by atoms with Crippen LogP contribution in [0.15, 0.2) is 0 Å². The molecule has 1 aliphatic rings. The molecule has 0 spiro atoms. The predicted molar refractivity (Wildman–Crippen MR) is 54.9 cm³/mol. The van der Waals surface area contributed by atoms with Crippen LogP contribution in [0.25, 0.3) is 0 Å². The second-order valence-electron chi connectivity index (χ2n) is 3.84. The first-order chi connectivity index (χ1) is 7.03. The largest absolute Gasteiger partial charge is 0.324 e. The van der Waals surface area contributed by atoms with E-state index in [0.29, 0.717) is 18.8 Å². The van der Waals surface area contributed by atoms with Crippen molar-refractivity contribution in [2.75, 3.05) is 11.5 Å². The topological polar surface area (TPSA) is 90.9 Å². The van der Waals surface area contributed by atoms with Crippen molar-refractivity contribution in [3.05, 3.63) is 11.6 Å². The normalized spacial score (nSPS) is 24.5. The van der Waals surface area contributed by atoms with Crippen molar-refractivity contribution in [2.45, 2.75) is 18.9 Å². The van der Waals surface area contributed by atoms with Crippen molar-refractivity contribution in [2.24, 2.45) is 12.8 Å². The molecule has 1 fully saturated rings. The van der Waals surface area contributed by atoms with E-state index in [1.165, 1.54) is 0 Å². The molecule has 84 valence electrons. The minimum absolute atomic E-state index is 0.0206. The maximum atomic E-state index is 11.3. The van der Waals surface area contributed by atoms with Gasteiger partial charge in [0.25, 0.3) is 0 Å². The summed E-state index contributed by atoms with van der Waals surface area (Å²) < 4.78 is 24.4. The molecule has 0 aromatic carbocycles. The van der Waals surface area contributed by atoms with Gasteiger partial charge in [0.1, 0.15) is 11.6 Å². The molecule has 2 N–H and O–H groups in total. The number of hydrogen-bond acceptors (Lipinski definition) is 5. The van der Waals surface area contributed by atoms with Crippen LogP contribution in [0.3, 0.4) is 0 Å². The first-order valence-corrected chi connectivity index (χ1v) is 6.64. The minimum Gasteiger partial charge on any atom is -0.324 e. The summed E-state index contributed by atoms with van der Waals surface area (Å²) in [5.41, 5.74) is 5.47. The summed E-state index contributed by atoms with van der Waals surface area (Å²) in [6.07, 6.45) is 0.638. The Bertz CT molecular complexity index is 465. The zero-order chi connectivity index (χ0) is 11.1. The van der Waals surface area contributed by atoms with Crippen LogP contribution in [0, 0.1) is 0 Å². The average molecular weight is 230 g/mol. The first-order valence-electron chi connectivity index (χ1n) is 4.82. The van der Waals surface area contributed by atoms with Crippen molar-refractivity contribution >= 4 is 9.84 Å². The summed E-state index contributed by atoms with van der Waals surface area (Å²) in [6, 6.07) is 0. The first kappa shape index (κ1) is 10.6. The van der Waals surface area contributed by atoms with E-state index in [1.807, 2.05) is 7.05 Å².